The molecule has 12 heteroatoms. The second-order valence-electron chi connectivity index (χ2n) is 8.53. The Labute approximate surface area is 203 Å². The third-order valence-corrected chi connectivity index (χ3v) is 5.69. The summed E-state index contributed by atoms with van der Waals surface area (Å²) in [6.45, 7) is 4.90. The van der Waals surface area contributed by atoms with Gasteiger partial charge in [0.25, 0.3) is 5.91 Å². The third-order valence-electron chi connectivity index (χ3n) is 4.75. The largest absolute Gasteiger partial charge is 0.573 e. The van der Waals surface area contributed by atoms with Crippen LogP contribution in [0.5, 0.6) is 5.75 Å². The molecular formula is C23H24F3N3O5S. The van der Waals surface area contributed by atoms with E-state index in [1.807, 2.05) is 30.3 Å². The van der Waals surface area contributed by atoms with Crippen LogP contribution in [-0.4, -0.2) is 51.5 Å². The van der Waals surface area contributed by atoms with Gasteiger partial charge in [-0.3, -0.25) is 9.69 Å². The Kier molecular flexibility index (Phi) is 7.86. The molecule has 0 radical (unpaired) electrons. The van der Waals surface area contributed by atoms with E-state index >= 15 is 0 Å². The molecule has 2 amide bonds. The number of anilines is 1. The summed E-state index contributed by atoms with van der Waals surface area (Å²) in [7, 11) is 0. The van der Waals surface area contributed by atoms with Gasteiger partial charge in [0.15, 0.2) is 5.13 Å². The fraction of sp³-hybridized carbons (Fsp3) is 0.348. The average molecular weight is 512 g/mol. The summed E-state index contributed by atoms with van der Waals surface area (Å²) >= 11 is 0.934. The highest BCUT2D eigenvalue weighted by Crippen LogP contribution is 2.32. The summed E-state index contributed by atoms with van der Waals surface area (Å²) in [5, 5.41) is 12.5. The fourth-order valence-corrected chi connectivity index (χ4v) is 4.26. The van der Waals surface area contributed by atoms with E-state index in [0.29, 0.717) is 10.2 Å². The van der Waals surface area contributed by atoms with Crippen LogP contribution in [0.3, 0.4) is 0 Å². The first-order valence-electron chi connectivity index (χ1n) is 10.4. The topological polar surface area (TPSA) is 101 Å². The van der Waals surface area contributed by atoms with Gasteiger partial charge in [-0.05, 0) is 38.5 Å². The Hall–Kier alpha value is -3.38. The molecule has 188 valence electrons. The van der Waals surface area contributed by atoms with Gasteiger partial charge in [0.05, 0.1) is 23.4 Å². The predicted molar refractivity (Wildman–Crippen MR) is 124 cm³/mol. The molecule has 1 heterocycles. The molecule has 2 N–H and O–H groups in total. The van der Waals surface area contributed by atoms with Crippen molar-refractivity contribution in [3.05, 3.63) is 54.1 Å². The zero-order valence-electron chi connectivity index (χ0n) is 19.1. The minimum absolute atomic E-state index is 0.0986. The van der Waals surface area contributed by atoms with Crippen LogP contribution in [0.25, 0.3) is 10.2 Å². The van der Waals surface area contributed by atoms with Crippen molar-refractivity contribution in [3.63, 3.8) is 0 Å². The maximum absolute atomic E-state index is 13.2. The second-order valence-corrected chi connectivity index (χ2v) is 9.56. The van der Waals surface area contributed by atoms with Crippen molar-refractivity contribution < 1.29 is 37.3 Å². The van der Waals surface area contributed by atoms with Crippen molar-refractivity contribution in [2.45, 2.75) is 45.3 Å². The molecule has 1 unspecified atom stereocenters. The zero-order valence-corrected chi connectivity index (χ0v) is 19.9. The Bertz CT molecular complexity index is 1180. The van der Waals surface area contributed by atoms with Crippen LogP contribution in [0.15, 0.2) is 48.5 Å². The Morgan fingerprint density at radius 3 is 2.43 bits per heavy atom. The van der Waals surface area contributed by atoms with Crippen molar-refractivity contribution in [2.75, 3.05) is 11.9 Å². The van der Waals surface area contributed by atoms with E-state index in [4.69, 9.17) is 4.74 Å². The molecule has 3 rings (SSSR count). The van der Waals surface area contributed by atoms with Gasteiger partial charge in [-0.1, -0.05) is 41.7 Å². The van der Waals surface area contributed by atoms with Crippen LogP contribution in [0.4, 0.5) is 23.1 Å². The molecule has 3 aromatic rings. The maximum Gasteiger partial charge on any atom is 0.573 e. The second kappa shape index (κ2) is 10.5. The average Bonchev–Trinajstić information content (AvgIpc) is 3.12. The number of ether oxygens (including phenoxy) is 2. The van der Waals surface area contributed by atoms with Crippen LogP contribution < -0.4 is 10.1 Å². The first kappa shape index (κ1) is 26.2. The summed E-state index contributed by atoms with van der Waals surface area (Å²) in [5.41, 5.74) is 0.274. The molecule has 0 saturated heterocycles. The highest BCUT2D eigenvalue weighted by atomic mass is 32.1. The summed E-state index contributed by atoms with van der Waals surface area (Å²) < 4.78 is 47.4. The van der Waals surface area contributed by atoms with E-state index in [1.165, 1.54) is 6.07 Å². The fourth-order valence-electron chi connectivity index (χ4n) is 3.36. The lowest BCUT2D eigenvalue weighted by Crippen LogP contribution is -2.57. The molecule has 8 nitrogen and oxygen atoms in total. The minimum Gasteiger partial charge on any atom is -0.465 e. The molecule has 35 heavy (non-hydrogen) atoms. The lowest BCUT2D eigenvalue weighted by Gasteiger charge is -2.38. The zero-order chi connectivity index (χ0) is 25.8. The summed E-state index contributed by atoms with van der Waals surface area (Å²) in [4.78, 5) is 30.4. The monoisotopic (exact) mass is 511 g/mol. The van der Waals surface area contributed by atoms with Gasteiger partial charge in [-0.2, -0.15) is 0 Å². The molecule has 0 bridgehead atoms. The van der Waals surface area contributed by atoms with E-state index in [0.717, 1.165) is 33.9 Å². The number of halogens is 3. The van der Waals surface area contributed by atoms with Gasteiger partial charge in [-0.15, -0.1) is 13.2 Å². The Morgan fingerprint density at radius 1 is 1.14 bits per heavy atom. The number of thiazole rings is 1. The number of rotatable bonds is 8. The van der Waals surface area contributed by atoms with Crippen LogP contribution in [0.1, 0.15) is 26.3 Å². The number of carbonyl (C=O) groups excluding carboxylic acids is 1. The van der Waals surface area contributed by atoms with Crippen LogP contribution >= 0.6 is 11.3 Å². The number of fused-ring (bicyclic) bond motifs is 1. The highest BCUT2D eigenvalue weighted by Gasteiger charge is 2.38. The van der Waals surface area contributed by atoms with Crippen molar-refractivity contribution >= 4 is 38.7 Å². The molecule has 0 aliphatic rings. The smallest absolute Gasteiger partial charge is 0.465 e. The van der Waals surface area contributed by atoms with Gasteiger partial charge >= 0.3 is 12.5 Å². The molecule has 1 aromatic heterocycles. The van der Waals surface area contributed by atoms with Gasteiger partial charge in [0, 0.05) is 11.6 Å². The number of benzene rings is 2. The van der Waals surface area contributed by atoms with Crippen molar-refractivity contribution in [3.8, 4) is 5.75 Å². The first-order chi connectivity index (χ1) is 16.3. The third kappa shape index (κ3) is 7.30. The number of amides is 2. The quantitative estimate of drug-likeness (QED) is 0.414. The molecule has 0 aliphatic heterocycles. The van der Waals surface area contributed by atoms with E-state index in [9.17, 15) is 27.9 Å². The van der Waals surface area contributed by atoms with Gasteiger partial charge in [0.1, 0.15) is 11.8 Å². The van der Waals surface area contributed by atoms with E-state index in [2.05, 4.69) is 15.0 Å². The SMILES string of the molecule is CC(C)(C)N(C(=O)O)C(COCc1ccccc1)C(=O)Nc1nc2ccc(OC(F)(F)F)cc2s1. The predicted octanol–water partition coefficient (Wildman–Crippen LogP) is 5.50. The number of alkyl halides is 3. The molecule has 1 atom stereocenters. The molecule has 0 spiro atoms. The number of hydrogen-bond acceptors (Lipinski definition) is 6. The number of nitrogens with zero attached hydrogens (tertiary/aromatic N) is 2. The van der Waals surface area contributed by atoms with Gasteiger partial charge in [0.2, 0.25) is 0 Å². The Balaban J connectivity index is 1.80. The summed E-state index contributed by atoms with van der Waals surface area (Å²) in [6, 6.07) is 11.6. The number of carbonyl (C=O) groups is 2. The summed E-state index contributed by atoms with van der Waals surface area (Å²) in [5.74, 6) is -1.09. The standard InChI is InChI=1S/C23H24F3N3O5S/c1-22(2,3)29(21(31)32)17(13-33-12-14-7-5-4-6-8-14)19(30)28-20-27-16-10-9-15(11-18(16)35-20)34-23(24,25)26/h4-11,17H,12-13H2,1-3H3,(H,31,32)(H,27,28,30). The van der Waals surface area contributed by atoms with Crippen molar-refractivity contribution in [1.82, 2.24) is 9.88 Å². The van der Waals surface area contributed by atoms with E-state index in [1.54, 1.807) is 20.8 Å². The van der Waals surface area contributed by atoms with Crippen LogP contribution in [0, 0.1) is 0 Å². The minimum atomic E-state index is -4.84. The van der Waals surface area contributed by atoms with Gasteiger partial charge in [-0.25, -0.2) is 9.78 Å². The number of carboxylic acid groups (broad SMARTS) is 1. The molecule has 0 saturated carbocycles. The molecule has 0 fully saturated rings. The van der Waals surface area contributed by atoms with E-state index < -0.39 is 35.7 Å². The first-order valence-corrected chi connectivity index (χ1v) is 11.3. The number of nitrogens with one attached hydrogen (secondary N) is 1. The van der Waals surface area contributed by atoms with Crippen LogP contribution in [-0.2, 0) is 16.1 Å². The lowest BCUT2D eigenvalue weighted by atomic mass is 10.0. The van der Waals surface area contributed by atoms with Crippen LogP contribution in [0.2, 0.25) is 0 Å². The molecule has 0 aliphatic carbocycles. The Morgan fingerprint density at radius 2 is 1.83 bits per heavy atom. The van der Waals surface area contributed by atoms with Crippen molar-refractivity contribution in [1.29, 1.82) is 0 Å². The lowest BCUT2D eigenvalue weighted by molar-refractivity contribution is -0.274. The maximum atomic E-state index is 13.2. The number of aromatic nitrogens is 1. The highest BCUT2D eigenvalue weighted by molar-refractivity contribution is 7.22. The normalized spacial score (nSPS) is 12.9. The molecule has 2 aromatic carbocycles. The van der Waals surface area contributed by atoms with E-state index in [-0.39, 0.29) is 18.3 Å². The number of hydrogen-bond donors (Lipinski definition) is 2. The van der Waals surface area contributed by atoms with Crippen molar-refractivity contribution in [2.24, 2.45) is 0 Å². The summed E-state index contributed by atoms with van der Waals surface area (Å²) in [6.07, 6.45) is -6.14. The molecular weight excluding hydrogens is 487 g/mol. The van der Waals surface area contributed by atoms with Gasteiger partial charge < -0.3 is 19.9 Å².